The minimum atomic E-state index is -1.78. The number of aliphatic hydroxyl groups excluding tert-OH is 2. The zero-order chi connectivity index (χ0) is 60.6. The molecule has 12 atom stereocenters. The number of benzene rings is 1. The largest absolute Gasteiger partial charge is 0.497 e. The minimum absolute atomic E-state index is 0.0625. The van der Waals surface area contributed by atoms with Crippen LogP contribution in [0.4, 0.5) is 0 Å². The number of aliphatic hydroxyl groups is 2. The van der Waals surface area contributed by atoms with Crippen LogP contribution in [-0.4, -0.2) is 185 Å². The molecule has 2 fully saturated rings. The van der Waals surface area contributed by atoms with Crippen molar-refractivity contribution in [2.75, 3.05) is 27.7 Å². The molecule has 0 aliphatic carbocycles. The Labute approximate surface area is 472 Å². The number of nitrogens with one attached hydrogen (secondary N) is 5. The van der Waals surface area contributed by atoms with Crippen LogP contribution in [0.25, 0.3) is 0 Å². The quantitative estimate of drug-likeness (QED) is 0.116. The van der Waals surface area contributed by atoms with Crippen LogP contribution < -0.4 is 31.3 Å². The number of cyclic esters (lactones) is 2. The van der Waals surface area contributed by atoms with Gasteiger partial charge in [0.05, 0.1) is 25.7 Å². The van der Waals surface area contributed by atoms with Crippen molar-refractivity contribution in [2.24, 2.45) is 29.6 Å². The lowest BCUT2D eigenvalue weighted by molar-refractivity contribution is -0.162. The van der Waals surface area contributed by atoms with Crippen molar-refractivity contribution in [3.05, 3.63) is 29.8 Å². The fourth-order valence-electron chi connectivity index (χ4n) is 9.85. The molecule has 2 heterocycles. The summed E-state index contributed by atoms with van der Waals surface area (Å²) in [5, 5.41) is 35.4. The smallest absolute Gasteiger partial charge is 0.329 e. The van der Waals surface area contributed by atoms with E-state index in [0.29, 0.717) is 17.7 Å². The van der Waals surface area contributed by atoms with E-state index in [9.17, 15) is 58.2 Å². The average Bonchev–Trinajstić information content (AvgIpc) is 3.88. The first kappa shape index (κ1) is 67.9. The average molecular weight is 1130 g/mol. The third-order valence-electron chi connectivity index (χ3n) is 14.4. The number of methoxy groups -OCH3 is 1. The highest BCUT2D eigenvalue weighted by Crippen LogP contribution is 2.24. The number of carbonyl (C=O) groups is 10. The summed E-state index contributed by atoms with van der Waals surface area (Å²) >= 11 is 0. The standard InChI is InChI=1S/C57H92N8O15/c1-29(2)24-39-49(69)58-34(11)54(74)64(15)43(27-37-19-21-38(78-16)22-20-37)57(77)79-36(13)47(62-51(71)42(26-31(5)6)63(14)56(76)41-18-17-23-65(41)55(75)35(12)66)52(72)61-46(32(7)8)44(67)28-45(68)80-48(33(9)10)53(73)60-40(25-30(3)4)50(70)59-39/h19-22,29-36,39-44,46-48,66-67H,17-18,23-28H2,1-16H3,(H,58,69)(H,59,70)(H,60,73)(H,61,72)(H,62,71)/t34?,35-,36+,39+,40-,41?,42+,43?,44-,46+,47-,48-/m0/s1. The SMILES string of the molecule is COc1ccc(CC2C(=O)O[C@H](C)[C@H](NC(=O)[C@@H](CC(C)C)N(C)C(=O)C3CCCN3C(=O)[C@H](C)O)C(=O)N[C@H](C(C)C)[C@@H](O)CC(=O)O[C@@H](C(C)C)C(=O)N[C@@H](CC(C)C)C(=O)N[C@H](CC(C)C)C(=O)NC(C)C(=O)N2C)cc1. The second kappa shape index (κ2) is 31.0. The molecule has 3 rings (SSSR count). The third kappa shape index (κ3) is 19.4. The normalized spacial score (nSPS) is 26.5. The van der Waals surface area contributed by atoms with Crippen molar-refractivity contribution >= 4 is 59.2 Å². The Hall–Kier alpha value is -6.36. The van der Waals surface area contributed by atoms with Crippen LogP contribution in [-0.2, 0) is 63.8 Å². The van der Waals surface area contributed by atoms with Crippen molar-refractivity contribution in [2.45, 2.75) is 208 Å². The van der Waals surface area contributed by atoms with Gasteiger partial charge in [0.1, 0.15) is 60.3 Å². The number of esters is 2. The Morgan fingerprint density at radius 1 is 0.775 bits per heavy atom. The van der Waals surface area contributed by atoms with Crippen LogP contribution in [0, 0.1) is 29.6 Å². The maximum Gasteiger partial charge on any atom is 0.329 e. The third-order valence-corrected chi connectivity index (χ3v) is 14.4. The van der Waals surface area contributed by atoms with Gasteiger partial charge < -0.3 is 65.7 Å². The van der Waals surface area contributed by atoms with Gasteiger partial charge in [-0.1, -0.05) is 81.4 Å². The summed E-state index contributed by atoms with van der Waals surface area (Å²) in [6.45, 7) is 21.7. The molecule has 0 aromatic heterocycles. The van der Waals surface area contributed by atoms with Gasteiger partial charge >= 0.3 is 11.9 Å². The highest BCUT2D eigenvalue weighted by Gasteiger charge is 2.43. The number of nitrogens with zero attached hydrogens (tertiary/aromatic N) is 3. The van der Waals surface area contributed by atoms with E-state index in [1.807, 2.05) is 41.5 Å². The predicted octanol–water partition coefficient (Wildman–Crippen LogP) is 1.77. The molecule has 0 bridgehead atoms. The Morgan fingerprint density at radius 3 is 1.85 bits per heavy atom. The summed E-state index contributed by atoms with van der Waals surface area (Å²) < 4.78 is 17.1. The molecule has 2 saturated heterocycles. The molecule has 7 N–H and O–H groups in total. The Bertz CT molecular complexity index is 2310. The number of carbonyl (C=O) groups excluding carboxylic acids is 10. The van der Waals surface area contributed by atoms with Crippen molar-refractivity contribution in [1.29, 1.82) is 0 Å². The number of hydrogen-bond donors (Lipinski definition) is 7. The van der Waals surface area contributed by atoms with E-state index in [1.54, 1.807) is 52.0 Å². The molecular formula is C57H92N8O15. The molecule has 3 unspecified atom stereocenters. The summed E-state index contributed by atoms with van der Waals surface area (Å²) in [5.74, 6) is -9.41. The van der Waals surface area contributed by atoms with E-state index >= 15 is 0 Å². The molecule has 1 aromatic rings. The molecule has 0 spiro atoms. The maximum absolute atomic E-state index is 14.9. The number of rotatable bonds is 16. The van der Waals surface area contributed by atoms with Crippen LogP contribution >= 0.6 is 0 Å². The molecule has 0 saturated carbocycles. The fourth-order valence-corrected chi connectivity index (χ4v) is 9.85. The Balaban J connectivity index is 2.25. The van der Waals surface area contributed by atoms with Gasteiger partial charge in [0.25, 0.3) is 11.8 Å². The first-order chi connectivity index (χ1) is 37.3. The molecule has 0 radical (unpaired) electrons. The first-order valence-electron chi connectivity index (χ1n) is 28.0. The lowest BCUT2D eigenvalue weighted by Crippen LogP contribution is -2.62. The zero-order valence-electron chi connectivity index (χ0n) is 49.8. The Kier molecular flexibility index (Phi) is 26.3. The lowest BCUT2D eigenvalue weighted by Gasteiger charge is -2.36. The second-order valence-corrected chi connectivity index (χ2v) is 23.4. The summed E-state index contributed by atoms with van der Waals surface area (Å²) in [7, 11) is 4.21. The van der Waals surface area contributed by atoms with Gasteiger partial charge in [0.15, 0.2) is 6.10 Å². The number of likely N-dealkylation sites (N-methyl/N-ethyl adjacent to an activating group) is 2. The van der Waals surface area contributed by atoms with Crippen LogP contribution in [0.3, 0.4) is 0 Å². The first-order valence-corrected chi connectivity index (χ1v) is 28.0. The fraction of sp³-hybridized carbons (Fsp3) is 0.719. The highest BCUT2D eigenvalue weighted by molar-refractivity contribution is 5.97. The minimum Gasteiger partial charge on any atom is -0.497 e. The number of amides is 8. The maximum atomic E-state index is 14.9. The zero-order valence-corrected chi connectivity index (χ0v) is 49.8. The molecule has 1 aromatic carbocycles. The van der Waals surface area contributed by atoms with Crippen molar-refractivity contribution in [1.82, 2.24) is 41.3 Å². The molecular weight excluding hydrogens is 1040 g/mol. The predicted molar refractivity (Wildman–Crippen MR) is 296 cm³/mol. The topological polar surface area (TPSA) is 309 Å². The molecule has 2 aliphatic rings. The van der Waals surface area contributed by atoms with Gasteiger partial charge in [-0.2, -0.15) is 0 Å². The van der Waals surface area contributed by atoms with E-state index in [-0.39, 0.29) is 56.4 Å². The number of hydrogen-bond acceptors (Lipinski definition) is 15. The van der Waals surface area contributed by atoms with Crippen molar-refractivity contribution in [3.8, 4) is 5.75 Å². The molecule has 8 amide bonds. The van der Waals surface area contributed by atoms with Gasteiger partial charge in [-0.05, 0) is 100 Å². The van der Waals surface area contributed by atoms with Crippen molar-refractivity contribution < 1.29 is 72.4 Å². The summed E-state index contributed by atoms with van der Waals surface area (Å²) in [6, 6.07) is -3.82. The lowest BCUT2D eigenvalue weighted by atomic mass is 9.95. The Morgan fingerprint density at radius 2 is 1.34 bits per heavy atom. The van der Waals surface area contributed by atoms with Gasteiger partial charge in [-0.15, -0.1) is 0 Å². The van der Waals surface area contributed by atoms with Crippen LogP contribution in [0.2, 0.25) is 0 Å². The molecule has 450 valence electrons. The van der Waals surface area contributed by atoms with Crippen LogP contribution in [0.1, 0.15) is 134 Å². The van der Waals surface area contributed by atoms with Gasteiger partial charge in [0, 0.05) is 27.1 Å². The molecule has 23 heteroatoms. The van der Waals surface area contributed by atoms with Crippen molar-refractivity contribution in [3.63, 3.8) is 0 Å². The van der Waals surface area contributed by atoms with E-state index in [0.717, 1.165) is 4.90 Å². The molecule has 23 nitrogen and oxygen atoms in total. The number of likely N-dealkylation sites (tertiary alicyclic amines) is 1. The summed E-state index contributed by atoms with van der Waals surface area (Å²) in [4.78, 5) is 146. The van der Waals surface area contributed by atoms with E-state index in [4.69, 9.17) is 14.2 Å². The summed E-state index contributed by atoms with van der Waals surface area (Å²) in [5.41, 5.74) is 0.544. The monoisotopic (exact) mass is 1130 g/mol. The van der Waals surface area contributed by atoms with Gasteiger partial charge in [-0.25, -0.2) is 4.79 Å². The van der Waals surface area contributed by atoms with E-state index in [1.165, 1.54) is 51.8 Å². The summed E-state index contributed by atoms with van der Waals surface area (Å²) in [6.07, 6.45) is -5.95. The highest BCUT2D eigenvalue weighted by atomic mass is 16.6. The van der Waals surface area contributed by atoms with E-state index in [2.05, 4.69) is 26.6 Å². The second-order valence-electron chi connectivity index (χ2n) is 23.4. The van der Waals surface area contributed by atoms with Gasteiger partial charge in [-0.3, -0.25) is 43.2 Å². The van der Waals surface area contributed by atoms with E-state index < -0.39 is 150 Å². The van der Waals surface area contributed by atoms with Crippen LogP contribution in [0.5, 0.6) is 5.75 Å². The van der Waals surface area contributed by atoms with Crippen LogP contribution in [0.15, 0.2) is 24.3 Å². The van der Waals surface area contributed by atoms with Gasteiger partial charge in [0.2, 0.25) is 35.4 Å². The molecule has 80 heavy (non-hydrogen) atoms. The number of ether oxygens (including phenoxy) is 3. The molecule has 2 aliphatic heterocycles.